The molecule has 0 saturated heterocycles. The first-order valence-corrected chi connectivity index (χ1v) is 3.65. The van der Waals surface area contributed by atoms with E-state index < -0.39 is 25.2 Å². The van der Waals surface area contributed by atoms with E-state index in [1.165, 1.54) is 0 Å². The van der Waals surface area contributed by atoms with Crippen LogP contribution in [-0.4, -0.2) is 25.2 Å². The summed E-state index contributed by atoms with van der Waals surface area (Å²) in [5, 5.41) is 0. The summed E-state index contributed by atoms with van der Waals surface area (Å²) >= 11 is 0. The van der Waals surface area contributed by atoms with E-state index >= 15 is 0 Å². The fraction of sp³-hybridized carbons (Fsp3) is 0.857. The molecule has 1 unspecified atom stereocenters. The Morgan fingerprint density at radius 2 is 2.00 bits per heavy atom. The van der Waals surface area contributed by atoms with Crippen molar-refractivity contribution in [2.45, 2.75) is 32.4 Å². The summed E-state index contributed by atoms with van der Waals surface area (Å²) in [6.45, 7) is 0.887. The molecule has 0 N–H and O–H groups in total. The van der Waals surface area contributed by atoms with Gasteiger partial charge in [-0.25, -0.2) is 13.2 Å². The molecule has 0 bridgehead atoms. The molecule has 0 heterocycles. The highest BCUT2D eigenvalue weighted by molar-refractivity contribution is 5.69. The number of esters is 1. The number of alkyl halides is 3. The molecule has 0 spiro atoms. The second-order valence-electron chi connectivity index (χ2n) is 2.28. The largest absolute Gasteiger partial charge is 0.462 e. The Bertz CT molecular complexity index is 139. The molecule has 0 aliphatic rings. The van der Waals surface area contributed by atoms with Gasteiger partial charge in [0.05, 0.1) is 0 Å². The van der Waals surface area contributed by atoms with Crippen molar-refractivity contribution in [2.75, 3.05) is 6.61 Å². The Hall–Kier alpha value is -0.740. The summed E-state index contributed by atoms with van der Waals surface area (Å²) < 4.78 is 39.3. The predicted octanol–water partition coefficient (Wildman–Crippen LogP) is 1.93. The van der Waals surface area contributed by atoms with Crippen molar-refractivity contribution >= 4 is 5.97 Å². The van der Waals surface area contributed by atoms with E-state index in [9.17, 15) is 18.0 Å². The Balaban J connectivity index is 3.47. The van der Waals surface area contributed by atoms with Crippen molar-refractivity contribution in [3.8, 4) is 0 Å². The summed E-state index contributed by atoms with van der Waals surface area (Å²) in [5.41, 5.74) is 0. The molecule has 0 saturated carbocycles. The number of halogens is 3. The molecule has 0 rings (SSSR count). The fourth-order valence-electron chi connectivity index (χ4n) is 0.522. The highest BCUT2D eigenvalue weighted by Gasteiger charge is 2.20. The lowest BCUT2D eigenvalue weighted by Gasteiger charge is -2.07. The summed E-state index contributed by atoms with van der Waals surface area (Å²) in [6, 6.07) is 0. The lowest BCUT2D eigenvalue weighted by atomic mass is 10.3. The zero-order valence-electron chi connectivity index (χ0n) is 6.73. The van der Waals surface area contributed by atoms with E-state index in [1.54, 1.807) is 6.92 Å². The minimum Gasteiger partial charge on any atom is -0.462 e. The van der Waals surface area contributed by atoms with Gasteiger partial charge in [0.1, 0.15) is 6.61 Å². The van der Waals surface area contributed by atoms with E-state index in [4.69, 9.17) is 0 Å². The van der Waals surface area contributed by atoms with Crippen LogP contribution in [0.3, 0.4) is 0 Å². The smallest absolute Gasteiger partial charge is 0.305 e. The molecule has 0 aliphatic heterocycles. The maximum Gasteiger partial charge on any atom is 0.305 e. The van der Waals surface area contributed by atoms with E-state index in [1.807, 2.05) is 0 Å². The maximum atomic E-state index is 12.1. The fourth-order valence-corrected chi connectivity index (χ4v) is 0.522. The SMILES string of the molecule is CCCC(=O)OCC(F)C(F)F. The van der Waals surface area contributed by atoms with Crippen molar-refractivity contribution in [1.82, 2.24) is 0 Å². The molecule has 5 heteroatoms. The van der Waals surface area contributed by atoms with Crippen molar-refractivity contribution in [1.29, 1.82) is 0 Å². The second kappa shape index (κ2) is 5.85. The number of rotatable bonds is 5. The van der Waals surface area contributed by atoms with Gasteiger partial charge in [-0.15, -0.1) is 0 Å². The van der Waals surface area contributed by atoms with Gasteiger partial charge in [0.15, 0.2) is 6.17 Å². The lowest BCUT2D eigenvalue weighted by Crippen LogP contribution is -2.21. The molecule has 0 aromatic rings. The van der Waals surface area contributed by atoms with Crippen LogP contribution in [0.4, 0.5) is 13.2 Å². The maximum absolute atomic E-state index is 12.1. The van der Waals surface area contributed by atoms with Crippen LogP contribution >= 0.6 is 0 Å². The molecule has 2 nitrogen and oxygen atoms in total. The molecule has 0 amide bonds. The second-order valence-corrected chi connectivity index (χ2v) is 2.28. The van der Waals surface area contributed by atoms with E-state index in [-0.39, 0.29) is 6.42 Å². The summed E-state index contributed by atoms with van der Waals surface area (Å²) in [4.78, 5) is 10.5. The normalized spacial score (nSPS) is 13.1. The minimum absolute atomic E-state index is 0.135. The molecule has 0 fully saturated rings. The summed E-state index contributed by atoms with van der Waals surface area (Å²) in [5.74, 6) is -0.638. The molecule has 0 aliphatic carbocycles. The molecule has 12 heavy (non-hydrogen) atoms. The van der Waals surface area contributed by atoms with Gasteiger partial charge in [0.25, 0.3) is 6.43 Å². The molecule has 0 aromatic heterocycles. The number of hydrogen-bond acceptors (Lipinski definition) is 2. The van der Waals surface area contributed by atoms with Gasteiger partial charge in [0, 0.05) is 6.42 Å². The number of ether oxygens (including phenoxy) is 1. The minimum atomic E-state index is -3.08. The standard InChI is InChI=1S/C7H11F3O2/c1-2-3-6(11)12-4-5(8)7(9)10/h5,7H,2-4H2,1H3. The van der Waals surface area contributed by atoms with Crippen LogP contribution in [-0.2, 0) is 9.53 Å². The Kier molecular flexibility index (Phi) is 5.49. The third-order valence-electron chi connectivity index (χ3n) is 1.13. The molecular weight excluding hydrogens is 173 g/mol. The van der Waals surface area contributed by atoms with Gasteiger partial charge in [-0.05, 0) is 6.42 Å². The third kappa shape index (κ3) is 4.98. The topological polar surface area (TPSA) is 26.3 Å². The van der Waals surface area contributed by atoms with Gasteiger partial charge in [-0.2, -0.15) is 0 Å². The zero-order valence-corrected chi connectivity index (χ0v) is 6.73. The molecular formula is C7H11F3O2. The van der Waals surface area contributed by atoms with E-state index in [2.05, 4.69) is 4.74 Å². The average Bonchev–Trinajstić information content (AvgIpc) is 2.00. The third-order valence-corrected chi connectivity index (χ3v) is 1.13. The van der Waals surface area contributed by atoms with Gasteiger partial charge < -0.3 is 4.74 Å². The zero-order chi connectivity index (χ0) is 9.56. The van der Waals surface area contributed by atoms with Gasteiger partial charge in [0.2, 0.25) is 0 Å². The van der Waals surface area contributed by atoms with Crippen molar-refractivity contribution in [3.63, 3.8) is 0 Å². The quantitative estimate of drug-likeness (QED) is 0.610. The number of carbonyl (C=O) groups excluding carboxylic acids is 1. The molecule has 1 atom stereocenters. The van der Waals surface area contributed by atoms with Gasteiger partial charge in [-0.3, -0.25) is 4.79 Å². The first kappa shape index (κ1) is 11.3. The summed E-state index contributed by atoms with van der Waals surface area (Å²) in [7, 11) is 0. The van der Waals surface area contributed by atoms with Gasteiger partial charge in [-0.1, -0.05) is 6.92 Å². The highest BCUT2D eigenvalue weighted by Crippen LogP contribution is 2.06. The van der Waals surface area contributed by atoms with Crippen LogP contribution in [0.5, 0.6) is 0 Å². The molecule has 72 valence electrons. The first-order valence-electron chi connectivity index (χ1n) is 3.65. The highest BCUT2D eigenvalue weighted by atomic mass is 19.3. The number of hydrogen-bond donors (Lipinski definition) is 0. The van der Waals surface area contributed by atoms with Crippen LogP contribution < -0.4 is 0 Å². The van der Waals surface area contributed by atoms with Crippen LogP contribution in [0, 0.1) is 0 Å². The van der Waals surface area contributed by atoms with Gasteiger partial charge >= 0.3 is 5.97 Å². The Morgan fingerprint density at radius 1 is 1.42 bits per heavy atom. The van der Waals surface area contributed by atoms with Crippen LogP contribution in [0.2, 0.25) is 0 Å². The van der Waals surface area contributed by atoms with Crippen LogP contribution in [0.15, 0.2) is 0 Å². The first-order chi connectivity index (χ1) is 5.57. The summed E-state index contributed by atoms with van der Waals surface area (Å²) in [6.07, 6.45) is -4.76. The Morgan fingerprint density at radius 3 is 2.42 bits per heavy atom. The number of carbonyl (C=O) groups is 1. The molecule has 0 aromatic carbocycles. The van der Waals surface area contributed by atoms with E-state index in [0.717, 1.165) is 0 Å². The monoisotopic (exact) mass is 184 g/mol. The average molecular weight is 184 g/mol. The van der Waals surface area contributed by atoms with E-state index in [0.29, 0.717) is 6.42 Å². The van der Waals surface area contributed by atoms with Crippen molar-refractivity contribution in [2.24, 2.45) is 0 Å². The predicted molar refractivity (Wildman–Crippen MR) is 36.8 cm³/mol. The van der Waals surface area contributed by atoms with Crippen LogP contribution in [0.25, 0.3) is 0 Å². The lowest BCUT2D eigenvalue weighted by molar-refractivity contribution is -0.147. The Labute approximate surface area is 68.7 Å². The van der Waals surface area contributed by atoms with Crippen LogP contribution in [0.1, 0.15) is 19.8 Å². The van der Waals surface area contributed by atoms with Crippen molar-refractivity contribution < 1.29 is 22.7 Å². The molecule has 0 radical (unpaired) electrons. The van der Waals surface area contributed by atoms with Crippen molar-refractivity contribution in [3.05, 3.63) is 0 Å².